The molecule has 80 valence electrons. The van der Waals surface area contributed by atoms with Crippen molar-refractivity contribution >= 4 is 0 Å². The quantitative estimate of drug-likeness (QED) is 0.823. The lowest BCUT2D eigenvalue weighted by molar-refractivity contribution is 0.368. The fourth-order valence-electron chi connectivity index (χ4n) is 2.25. The SMILES string of the molecule is C[C@@H](NC1CCCC1C#N)c1ccco1. The molecule has 1 heterocycles. The summed E-state index contributed by atoms with van der Waals surface area (Å²) in [5, 5.41) is 12.4. The number of nitrogens with one attached hydrogen (secondary N) is 1. The standard InChI is InChI=1S/C12H16N2O/c1-9(12-6-3-7-15-12)14-11-5-2-4-10(11)8-13/h3,6-7,9-11,14H,2,4-5H2,1H3/t9-,10?,11?/m1/s1. The predicted molar refractivity (Wildman–Crippen MR) is 57.0 cm³/mol. The van der Waals surface area contributed by atoms with Crippen molar-refractivity contribution in [2.75, 3.05) is 0 Å². The molecule has 1 aliphatic carbocycles. The summed E-state index contributed by atoms with van der Waals surface area (Å²) in [6.07, 6.45) is 4.97. The van der Waals surface area contributed by atoms with Crippen LogP contribution < -0.4 is 5.32 Å². The average molecular weight is 204 g/mol. The second-order valence-corrected chi connectivity index (χ2v) is 4.18. The zero-order valence-corrected chi connectivity index (χ0v) is 8.94. The van der Waals surface area contributed by atoms with Gasteiger partial charge in [0.25, 0.3) is 0 Å². The molecule has 0 aromatic carbocycles. The molecule has 0 amide bonds. The third kappa shape index (κ3) is 2.21. The van der Waals surface area contributed by atoms with Crippen molar-refractivity contribution in [3.05, 3.63) is 24.2 Å². The first-order valence-corrected chi connectivity index (χ1v) is 5.50. The van der Waals surface area contributed by atoms with Gasteiger partial charge in [-0.25, -0.2) is 0 Å². The summed E-state index contributed by atoms with van der Waals surface area (Å²) in [6, 6.07) is 6.75. The summed E-state index contributed by atoms with van der Waals surface area (Å²) in [6.45, 7) is 2.07. The highest BCUT2D eigenvalue weighted by atomic mass is 16.3. The molecule has 1 fully saturated rings. The molecule has 15 heavy (non-hydrogen) atoms. The van der Waals surface area contributed by atoms with Gasteiger partial charge in [0.1, 0.15) is 5.76 Å². The topological polar surface area (TPSA) is 49.0 Å². The highest BCUT2D eigenvalue weighted by molar-refractivity contribution is 5.05. The fraction of sp³-hybridized carbons (Fsp3) is 0.583. The van der Waals surface area contributed by atoms with Gasteiger partial charge in [0.2, 0.25) is 0 Å². The van der Waals surface area contributed by atoms with E-state index >= 15 is 0 Å². The van der Waals surface area contributed by atoms with E-state index in [0.29, 0.717) is 6.04 Å². The Morgan fingerprint density at radius 1 is 1.60 bits per heavy atom. The van der Waals surface area contributed by atoms with Gasteiger partial charge >= 0.3 is 0 Å². The second kappa shape index (κ2) is 4.50. The van der Waals surface area contributed by atoms with Gasteiger partial charge in [0.15, 0.2) is 0 Å². The normalized spacial score (nSPS) is 27.5. The number of furan rings is 1. The Labute approximate surface area is 90.1 Å². The first-order valence-electron chi connectivity index (χ1n) is 5.50. The molecule has 1 aromatic rings. The Balaban J connectivity index is 1.94. The maximum atomic E-state index is 8.97. The largest absolute Gasteiger partial charge is 0.468 e. The molecular weight excluding hydrogens is 188 g/mol. The van der Waals surface area contributed by atoms with Gasteiger partial charge in [0.05, 0.1) is 24.3 Å². The summed E-state index contributed by atoms with van der Waals surface area (Å²) in [7, 11) is 0. The minimum Gasteiger partial charge on any atom is -0.468 e. The van der Waals surface area contributed by atoms with Crippen molar-refractivity contribution in [2.24, 2.45) is 5.92 Å². The lowest BCUT2D eigenvalue weighted by Gasteiger charge is -2.19. The minimum absolute atomic E-state index is 0.169. The van der Waals surface area contributed by atoms with E-state index < -0.39 is 0 Å². The highest BCUT2D eigenvalue weighted by Crippen LogP contribution is 2.27. The van der Waals surface area contributed by atoms with Crippen molar-refractivity contribution < 1.29 is 4.42 Å². The lowest BCUT2D eigenvalue weighted by atomic mass is 10.0. The summed E-state index contributed by atoms with van der Waals surface area (Å²) in [5.74, 6) is 1.11. The van der Waals surface area contributed by atoms with Crippen LogP contribution in [0.1, 0.15) is 38.0 Å². The Bertz CT molecular complexity index is 339. The van der Waals surface area contributed by atoms with Crippen LogP contribution in [0.15, 0.2) is 22.8 Å². The van der Waals surface area contributed by atoms with E-state index in [1.807, 2.05) is 12.1 Å². The van der Waals surface area contributed by atoms with Gasteiger partial charge in [0, 0.05) is 6.04 Å². The van der Waals surface area contributed by atoms with Crippen LogP contribution in [-0.4, -0.2) is 6.04 Å². The Morgan fingerprint density at radius 3 is 3.13 bits per heavy atom. The molecule has 0 spiro atoms. The molecular formula is C12H16N2O. The average Bonchev–Trinajstić information content (AvgIpc) is 2.87. The number of rotatable bonds is 3. The van der Waals surface area contributed by atoms with E-state index in [-0.39, 0.29) is 12.0 Å². The Hall–Kier alpha value is -1.27. The zero-order valence-electron chi connectivity index (χ0n) is 8.94. The molecule has 2 rings (SSSR count). The number of nitriles is 1. The first-order chi connectivity index (χ1) is 7.31. The van der Waals surface area contributed by atoms with Crippen LogP contribution >= 0.6 is 0 Å². The molecule has 1 aromatic heterocycles. The molecule has 2 unspecified atom stereocenters. The van der Waals surface area contributed by atoms with Crippen LogP contribution in [0.2, 0.25) is 0 Å². The van der Waals surface area contributed by atoms with Crippen LogP contribution in [0, 0.1) is 17.2 Å². The maximum Gasteiger partial charge on any atom is 0.120 e. The summed E-state index contributed by atoms with van der Waals surface area (Å²) in [5.41, 5.74) is 0. The predicted octanol–water partition coefficient (Wildman–Crippen LogP) is 2.62. The molecule has 3 atom stereocenters. The van der Waals surface area contributed by atoms with Crippen molar-refractivity contribution in [1.29, 1.82) is 5.26 Å². The van der Waals surface area contributed by atoms with Crippen molar-refractivity contribution in [3.63, 3.8) is 0 Å². The monoisotopic (exact) mass is 204 g/mol. The smallest absolute Gasteiger partial charge is 0.120 e. The third-order valence-corrected chi connectivity index (χ3v) is 3.12. The molecule has 1 saturated carbocycles. The number of hydrogen-bond acceptors (Lipinski definition) is 3. The van der Waals surface area contributed by atoms with Gasteiger partial charge < -0.3 is 9.73 Å². The van der Waals surface area contributed by atoms with Gasteiger partial charge in [-0.3, -0.25) is 0 Å². The molecule has 0 bridgehead atoms. The molecule has 0 saturated heterocycles. The van der Waals surface area contributed by atoms with Crippen LogP contribution in [0.25, 0.3) is 0 Å². The summed E-state index contributed by atoms with van der Waals surface area (Å²) < 4.78 is 5.33. The third-order valence-electron chi connectivity index (χ3n) is 3.12. The van der Waals surface area contributed by atoms with E-state index in [0.717, 1.165) is 25.0 Å². The summed E-state index contributed by atoms with van der Waals surface area (Å²) >= 11 is 0. The second-order valence-electron chi connectivity index (χ2n) is 4.18. The molecule has 0 aliphatic heterocycles. The molecule has 0 radical (unpaired) electrons. The van der Waals surface area contributed by atoms with E-state index in [2.05, 4.69) is 18.3 Å². The van der Waals surface area contributed by atoms with Gasteiger partial charge in [-0.05, 0) is 31.9 Å². The maximum absolute atomic E-state index is 8.97. The molecule has 1 N–H and O–H groups in total. The van der Waals surface area contributed by atoms with E-state index in [9.17, 15) is 0 Å². The summed E-state index contributed by atoms with van der Waals surface area (Å²) in [4.78, 5) is 0. The van der Waals surface area contributed by atoms with Gasteiger partial charge in [-0.15, -0.1) is 0 Å². The molecule has 3 nitrogen and oxygen atoms in total. The van der Waals surface area contributed by atoms with E-state index in [1.54, 1.807) is 6.26 Å². The Morgan fingerprint density at radius 2 is 2.47 bits per heavy atom. The van der Waals surface area contributed by atoms with Crippen LogP contribution in [0.4, 0.5) is 0 Å². The fourth-order valence-corrected chi connectivity index (χ4v) is 2.25. The van der Waals surface area contributed by atoms with Crippen LogP contribution in [0.3, 0.4) is 0 Å². The minimum atomic E-state index is 0.169. The van der Waals surface area contributed by atoms with Crippen molar-refractivity contribution in [3.8, 4) is 6.07 Å². The zero-order chi connectivity index (χ0) is 10.7. The van der Waals surface area contributed by atoms with Gasteiger partial charge in [-0.2, -0.15) is 5.26 Å². The molecule has 3 heteroatoms. The van der Waals surface area contributed by atoms with Crippen molar-refractivity contribution in [1.82, 2.24) is 5.32 Å². The number of hydrogen-bond donors (Lipinski definition) is 1. The van der Waals surface area contributed by atoms with E-state index in [1.165, 1.54) is 0 Å². The Kier molecular flexibility index (Phi) is 3.08. The first kappa shape index (κ1) is 10.3. The van der Waals surface area contributed by atoms with Crippen molar-refractivity contribution in [2.45, 2.75) is 38.3 Å². The van der Waals surface area contributed by atoms with Crippen LogP contribution in [-0.2, 0) is 0 Å². The number of nitrogens with zero attached hydrogens (tertiary/aromatic N) is 1. The molecule has 1 aliphatic rings. The van der Waals surface area contributed by atoms with Gasteiger partial charge in [-0.1, -0.05) is 6.42 Å². The highest BCUT2D eigenvalue weighted by Gasteiger charge is 2.28. The lowest BCUT2D eigenvalue weighted by Crippen LogP contribution is -2.33. The van der Waals surface area contributed by atoms with E-state index in [4.69, 9.17) is 9.68 Å². The van der Waals surface area contributed by atoms with Crippen LogP contribution in [0.5, 0.6) is 0 Å².